The first-order chi connectivity index (χ1) is 10.9. The van der Waals surface area contributed by atoms with Crippen molar-refractivity contribution >= 4 is 39.9 Å². The fourth-order valence-corrected chi connectivity index (χ4v) is 3.72. The number of hydrogen-bond donors (Lipinski definition) is 1. The van der Waals surface area contributed by atoms with Gasteiger partial charge in [-0.25, -0.2) is 0 Å². The van der Waals surface area contributed by atoms with E-state index in [-0.39, 0.29) is 18.5 Å². The van der Waals surface area contributed by atoms with E-state index in [1.54, 1.807) is 0 Å². The van der Waals surface area contributed by atoms with Crippen molar-refractivity contribution in [3.05, 3.63) is 45.4 Å². The van der Waals surface area contributed by atoms with Gasteiger partial charge in [-0.15, -0.1) is 0 Å². The predicted octanol–water partition coefficient (Wildman–Crippen LogP) is 4.45. The maximum absolute atomic E-state index is 11.4. The normalized spacial score (nSPS) is 21.5. The molecule has 0 radical (unpaired) electrons. The van der Waals surface area contributed by atoms with Crippen molar-refractivity contribution in [1.82, 2.24) is 0 Å². The number of halogens is 2. The molecule has 1 N–H and O–H groups in total. The summed E-state index contributed by atoms with van der Waals surface area (Å²) >= 11 is 12.6. The molecule has 0 saturated carbocycles. The van der Waals surface area contributed by atoms with Gasteiger partial charge < -0.3 is 9.84 Å². The van der Waals surface area contributed by atoms with E-state index in [9.17, 15) is 9.90 Å². The van der Waals surface area contributed by atoms with Gasteiger partial charge in [-0.2, -0.15) is 0 Å². The minimum Gasteiger partial charge on any atom is -0.462 e. The lowest BCUT2D eigenvalue weighted by Crippen LogP contribution is -2.32. The smallest absolute Gasteiger partial charge is 0.308 e. The van der Waals surface area contributed by atoms with Crippen molar-refractivity contribution in [2.45, 2.75) is 44.8 Å². The predicted molar refractivity (Wildman–Crippen MR) is 92.1 cm³/mol. The molecule has 3 nitrogen and oxygen atoms in total. The molecule has 3 rings (SSSR count). The number of cyclic esters (lactones) is 1. The molecule has 0 amide bonds. The molecule has 5 heteroatoms. The van der Waals surface area contributed by atoms with Gasteiger partial charge in [0.1, 0.15) is 6.10 Å². The standard InChI is InChI=1S/C18H18Cl2O3/c1-10-6-17(20)15(16-7-11(19)2-4-14(10)16)5-3-13-8-12(21)9-18(22)23-13/h2,4,6-7,12-13,21H,3,5,8-9H2,1H3/t12-,13-/m0/s1. The minimum absolute atomic E-state index is 0.0837. The summed E-state index contributed by atoms with van der Waals surface area (Å²) in [6.45, 7) is 2.02. The quantitative estimate of drug-likeness (QED) is 0.829. The molecule has 1 saturated heterocycles. The van der Waals surface area contributed by atoms with Crippen molar-refractivity contribution in [1.29, 1.82) is 0 Å². The van der Waals surface area contributed by atoms with Crippen LogP contribution in [0.3, 0.4) is 0 Å². The molecule has 2 atom stereocenters. The Balaban J connectivity index is 1.88. The summed E-state index contributed by atoms with van der Waals surface area (Å²) in [6, 6.07) is 7.74. The third kappa shape index (κ3) is 3.63. The molecule has 2 aromatic rings. The number of aryl methyl sites for hydroxylation is 2. The van der Waals surface area contributed by atoms with Gasteiger partial charge >= 0.3 is 5.97 Å². The molecule has 23 heavy (non-hydrogen) atoms. The summed E-state index contributed by atoms with van der Waals surface area (Å²) in [5.74, 6) is -0.336. The summed E-state index contributed by atoms with van der Waals surface area (Å²) in [5, 5.41) is 13.2. The molecule has 2 aromatic carbocycles. The maximum Gasteiger partial charge on any atom is 0.308 e. The second kappa shape index (κ2) is 6.68. The van der Waals surface area contributed by atoms with Gasteiger partial charge in [0, 0.05) is 16.5 Å². The number of aliphatic hydroxyl groups excluding tert-OH is 1. The Kier molecular flexibility index (Phi) is 4.81. The van der Waals surface area contributed by atoms with E-state index >= 15 is 0 Å². The number of ether oxygens (including phenoxy) is 1. The first-order valence-electron chi connectivity index (χ1n) is 7.69. The van der Waals surface area contributed by atoms with E-state index in [0.717, 1.165) is 21.9 Å². The van der Waals surface area contributed by atoms with Gasteiger partial charge in [-0.3, -0.25) is 4.79 Å². The van der Waals surface area contributed by atoms with E-state index in [2.05, 4.69) is 0 Å². The van der Waals surface area contributed by atoms with Gasteiger partial charge in [-0.1, -0.05) is 29.3 Å². The lowest BCUT2D eigenvalue weighted by Gasteiger charge is -2.26. The van der Waals surface area contributed by atoms with Gasteiger partial charge in [0.2, 0.25) is 0 Å². The number of aliphatic hydroxyl groups is 1. The SMILES string of the molecule is Cc1cc(Cl)c(CC[C@H]2C[C@H](O)CC(=O)O2)c2cc(Cl)ccc12. The lowest BCUT2D eigenvalue weighted by molar-refractivity contribution is -0.160. The topological polar surface area (TPSA) is 46.5 Å². The van der Waals surface area contributed by atoms with E-state index in [1.807, 2.05) is 31.2 Å². The number of carbonyl (C=O) groups excluding carboxylic acids is 1. The molecule has 1 fully saturated rings. The molecule has 1 aliphatic heterocycles. The second-order valence-corrected chi connectivity index (χ2v) is 6.93. The zero-order valence-corrected chi connectivity index (χ0v) is 14.3. The number of esters is 1. The molecule has 0 unspecified atom stereocenters. The van der Waals surface area contributed by atoms with E-state index in [4.69, 9.17) is 27.9 Å². The van der Waals surface area contributed by atoms with E-state index in [1.165, 1.54) is 0 Å². The molecule has 122 valence electrons. The molecule has 0 aromatic heterocycles. The van der Waals surface area contributed by atoms with Crippen molar-refractivity contribution in [2.75, 3.05) is 0 Å². The van der Waals surface area contributed by atoms with Crippen LogP contribution in [0.2, 0.25) is 10.0 Å². The summed E-state index contributed by atoms with van der Waals surface area (Å²) in [6.07, 6.45) is 0.987. The Labute approximate surface area is 145 Å². The molecule has 0 bridgehead atoms. The van der Waals surface area contributed by atoms with Crippen LogP contribution in [-0.2, 0) is 16.0 Å². The van der Waals surface area contributed by atoms with Crippen LogP contribution in [-0.4, -0.2) is 23.3 Å². The van der Waals surface area contributed by atoms with Crippen LogP contribution in [0.25, 0.3) is 10.8 Å². The van der Waals surface area contributed by atoms with Crippen molar-refractivity contribution in [2.24, 2.45) is 0 Å². The van der Waals surface area contributed by atoms with E-state index < -0.39 is 6.10 Å². The van der Waals surface area contributed by atoms with Gasteiger partial charge in [-0.05, 0) is 59.9 Å². The summed E-state index contributed by atoms with van der Waals surface area (Å²) in [5.41, 5.74) is 2.11. The highest BCUT2D eigenvalue weighted by Crippen LogP contribution is 2.33. The van der Waals surface area contributed by atoms with E-state index in [0.29, 0.717) is 29.3 Å². The van der Waals surface area contributed by atoms with Crippen LogP contribution >= 0.6 is 23.2 Å². The second-order valence-electron chi connectivity index (χ2n) is 6.09. The lowest BCUT2D eigenvalue weighted by atomic mass is 9.94. The third-order valence-electron chi connectivity index (χ3n) is 4.31. The molecule has 1 aliphatic rings. The molecule has 0 aliphatic carbocycles. The monoisotopic (exact) mass is 352 g/mol. The first-order valence-corrected chi connectivity index (χ1v) is 8.44. The van der Waals surface area contributed by atoms with Crippen LogP contribution in [0.15, 0.2) is 24.3 Å². The highest BCUT2D eigenvalue weighted by Gasteiger charge is 2.27. The third-order valence-corrected chi connectivity index (χ3v) is 4.89. The Hall–Kier alpha value is -1.29. The van der Waals surface area contributed by atoms with Gasteiger partial charge in [0.15, 0.2) is 0 Å². The molecular formula is C18H18Cl2O3. The number of benzene rings is 2. The minimum atomic E-state index is -0.610. The maximum atomic E-state index is 11.4. The summed E-state index contributed by atoms with van der Waals surface area (Å²) < 4.78 is 5.31. The zero-order chi connectivity index (χ0) is 16.6. The Morgan fingerprint density at radius 3 is 2.78 bits per heavy atom. The molecule has 0 spiro atoms. The Morgan fingerprint density at radius 1 is 1.26 bits per heavy atom. The fourth-order valence-electron chi connectivity index (χ4n) is 3.19. The fraction of sp³-hybridized carbons (Fsp3) is 0.389. The van der Waals surface area contributed by atoms with Crippen molar-refractivity contribution in [3.8, 4) is 0 Å². The number of carbonyl (C=O) groups is 1. The van der Waals surface area contributed by atoms with Crippen molar-refractivity contribution in [3.63, 3.8) is 0 Å². The van der Waals surface area contributed by atoms with Crippen LogP contribution in [0.1, 0.15) is 30.4 Å². The Bertz CT molecular complexity index is 758. The Morgan fingerprint density at radius 2 is 2.04 bits per heavy atom. The number of hydrogen-bond acceptors (Lipinski definition) is 3. The first kappa shape index (κ1) is 16.6. The van der Waals surface area contributed by atoms with Crippen molar-refractivity contribution < 1.29 is 14.6 Å². The van der Waals surface area contributed by atoms with Crippen LogP contribution < -0.4 is 0 Å². The van der Waals surface area contributed by atoms with Gasteiger partial charge in [0.25, 0.3) is 0 Å². The summed E-state index contributed by atoms with van der Waals surface area (Å²) in [7, 11) is 0. The van der Waals surface area contributed by atoms with Crippen LogP contribution in [0, 0.1) is 6.92 Å². The average Bonchev–Trinajstić information content (AvgIpc) is 2.45. The number of fused-ring (bicyclic) bond motifs is 1. The van der Waals surface area contributed by atoms with Gasteiger partial charge in [0.05, 0.1) is 12.5 Å². The summed E-state index contributed by atoms with van der Waals surface area (Å²) in [4.78, 5) is 11.4. The highest BCUT2D eigenvalue weighted by atomic mass is 35.5. The average molecular weight is 353 g/mol. The highest BCUT2D eigenvalue weighted by molar-refractivity contribution is 6.33. The largest absolute Gasteiger partial charge is 0.462 e. The molecule has 1 heterocycles. The number of rotatable bonds is 3. The van der Waals surface area contributed by atoms with Crippen LogP contribution in [0.5, 0.6) is 0 Å². The molecular weight excluding hydrogens is 335 g/mol. The zero-order valence-electron chi connectivity index (χ0n) is 12.8. The van der Waals surface area contributed by atoms with Crippen LogP contribution in [0.4, 0.5) is 0 Å².